The normalized spacial score (nSPS) is 14.9. The number of alkyl carbamates (subject to hydrolysis) is 1. The van der Waals surface area contributed by atoms with E-state index < -0.39 is 23.8 Å². The van der Waals surface area contributed by atoms with E-state index in [1.807, 2.05) is 66.7 Å². The first-order chi connectivity index (χ1) is 17.1. The van der Waals surface area contributed by atoms with Crippen molar-refractivity contribution in [2.45, 2.75) is 132 Å². The summed E-state index contributed by atoms with van der Waals surface area (Å²) in [6.07, 6.45) is 2.24. The highest BCUT2D eigenvalue weighted by Gasteiger charge is 2.39. The Bertz CT molecular complexity index is 907. The van der Waals surface area contributed by atoms with Crippen LogP contribution in [0, 0.1) is 19.8 Å². The van der Waals surface area contributed by atoms with Gasteiger partial charge in [-0.1, -0.05) is 57.9 Å². The lowest BCUT2D eigenvalue weighted by Crippen LogP contribution is -2.56. The number of amides is 3. The third kappa shape index (κ3) is 10.4. The minimum absolute atomic E-state index is 0.0222. The van der Waals surface area contributed by atoms with E-state index in [0.717, 1.165) is 29.5 Å². The lowest BCUT2D eigenvalue weighted by molar-refractivity contribution is -0.145. The van der Waals surface area contributed by atoms with Crippen LogP contribution in [0.1, 0.15) is 111 Å². The quantitative estimate of drug-likeness (QED) is 0.345. The van der Waals surface area contributed by atoms with Crippen LogP contribution in [-0.4, -0.2) is 46.5 Å². The lowest BCUT2D eigenvalue weighted by Gasteiger charge is -2.39. The molecule has 0 aliphatic carbocycles. The number of aryl methyl sites for hydroxylation is 2. The number of benzene rings is 1. The molecule has 0 bridgehead atoms. The molecule has 0 spiro atoms. The smallest absolute Gasteiger partial charge is 0.408 e. The van der Waals surface area contributed by atoms with E-state index in [0.29, 0.717) is 12.8 Å². The number of hydrogen-bond donors (Lipinski definition) is 2. The molecule has 1 aromatic carbocycles. The third-order valence-electron chi connectivity index (χ3n) is 6.37. The molecule has 4 unspecified atom stereocenters. The Labute approximate surface area is 225 Å². The van der Waals surface area contributed by atoms with Gasteiger partial charge in [-0.3, -0.25) is 9.59 Å². The third-order valence-corrected chi connectivity index (χ3v) is 6.37. The summed E-state index contributed by atoms with van der Waals surface area (Å²) in [6, 6.07) is 4.05. The summed E-state index contributed by atoms with van der Waals surface area (Å²) in [5.74, 6) is -0.347. The van der Waals surface area contributed by atoms with E-state index in [4.69, 9.17) is 4.74 Å². The first-order valence-electron chi connectivity index (χ1n) is 13.8. The molecule has 0 fully saturated rings. The molecule has 4 atom stereocenters. The Morgan fingerprint density at radius 1 is 1.00 bits per heavy atom. The molecule has 0 heterocycles. The van der Waals surface area contributed by atoms with Crippen molar-refractivity contribution >= 4 is 17.9 Å². The van der Waals surface area contributed by atoms with Crippen LogP contribution in [0.4, 0.5) is 4.79 Å². The van der Waals surface area contributed by atoms with Crippen molar-refractivity contribution in [3.8, 4) is 0 Å². The van der Waals surface area contributed by atoms with Gasteiger partial charge in [0.1, 0.15) is 17.7 Å². The second-order valence-electron chi connectivity index (χ2n) is 11.8. The molecular weight excluding hydrogens is 466 g/mol. The summed E-state index contributed by atoms with van der Waals surface area (Å²) in [6.45, 7) is 21.4. The van der Waals surface area contributed by atoms with E-state index in [1.54, 1.807) is 25.7 Å². The fourth-order valence-electron chi connectivity index (χ4n) is 4.50. The second-order valence-corrected chi connectivity index (χ2v) is 11.8. The average Bonchev–Trinajstić information content (AvgIpc) is 2.75. The largest absolute Gasteiger partial charge is 0.444 e. The maximum Gasteiger partial charge on any atom is 0.408 e. The van der Waals surface area contributed by atoms with Crippen molar-refractivity contribution in [1.29, 1.82) is 0 Å². The van der Waals surface area contributed by atoms with Gasteiger partial charge >= 0.3 is 6.09 Å². The Morgan fingerprint density at radius 2 is 1.62 bits per heavy atom. The Morgan fingerprint density at radius 3 is 2.11 bits per heavy atom. The van der Waals surface area contributed by atoms with Crippen LogP contribution >= 0.6 is 0 Å². The van der Waals surface area contributed by atoms with Gasteiger partial charge in [0.15, 0.2) is 0 Å². The number of carbonyl (C=O) groups excluding carboxylic acids is 3. The molecular formula is C30H51N3O4. The SMILES string of the molecule is CCCC(C)NC(=O)C(c1ccc(C)cc1C)N(C(=O)C(CC(C)C)NC(=O)OC(C)(C)C)C(C)CC. The highest BCUT2D eigenvalue weighted by molar-refractivity contribution is 5.92. The van der Waals surface area contributed by atoms with E-state index in [9.17, 15) is 14.4 Å². The van der Waals surface area contributed by atoms with Crippen LogP contribution < -0.4 is 10.6 Å². The van der Waals surface area contributed by atoms with E-state index in [2.05, 4.69) is 17.6 Å². The highest BCUT2D eigenvalue weighted by Crippen LogP contribution is 2.30. The number of hydrogen-bond acceptors (Lipinski definition) is 4. The molecule has 0 saturated carbocycles. The molecule has 7 heteroatoms. The summed E-state index contributed by atoms with van der Waals surface area (Å²) in [4.78, 5) is 42.5. The maximum absolute atomic E-state index is 14.3. The molecule has 1 aromatic rings. The average molecular weight is 518 g/mol. The van der Waals surface area contributed by atoms with Gasteiger partial charge in [0.25, 0.3) is 0 Å². The minimum atomic E-state index is -0.822. The topological polar surface area (TPSA) is 87.7 Å². The number of rotatable bonds is 12. The van der Waals surface area contributed by atoms with Crippen molar-refractivity contribution in [3.05, 3.63) is 34.9 Å². The molecule has 0 saturated heterocycles. The summed E-state index contributed by atoms with van der Waals surface area (Å²) < 4.78 is 5.47. The van der Waals surface area contributed by atoms with Gasteiger partial charge in [-0.05, 0) is 84.8 Å². The van der Waals surface area contributed by atoms with Gasteiger partial charge in [0.2, 0.25) is 11.8 Å². The molecule has 0 aliphatic rings. The summed E-state index contributed by atoms with van der Waals surface area (Å²) in [7, 11) is 0. The van der Waals surface area contributed by atoms with E-state index >= 15 is 0 Å². The van der Waals surface area contributed by atoms with Crippen molar-refractivity contribution in [2.75, 3.05) is 0 Å². The zero-order valence-corrected chi connectivity index (χ0v) is 25.0. The predicted molar refractivity (Wildman–Crippen MR) is 150 cm³/mol. The number of nitrogens with zero attached hydrogens (tertiary/aromatic N) is 1. The number of nitrogens with one attached hydrogen (secondary N) is 2. The predicted octanol–water partition coefficient (Wildman–Crippen LogP) is 6.22. The molecule has 210 valence electrons. The molecule has 3 amide bonds. The van der Waals surface area contributed by atoms with Gasteiger partial charge in [0.05, 0.1) is 0 Å². The standard InChI is InChI=1S/C30H51N3O4/c1-12-14-22(7)31-27(34)26(24-16-15-20(5)18-21(24)6)33(23(8)13-2)28(35)25(17-19(3)4)32-29(36)37-30(9,10)11/h15-16,18-19,22-23,25-26H,12-14,17H2,1-11H3,(H,31,34)(H,32,36). The molecule has 2 N–H and O–H groups in total. The molecule has 0 aromatic heterocycles. The lowest BCUT2D eigenvalue weighted by atomic mass is 9.93. The van der Waals surface area contributed by atoms with Crippen molar-refractivity contribution in [1.82, 2.24) is 15.5 Å². The van der Waals surface area contributed by atoms with Gasteiger partial charge in [0, 0.05) is 12.1 Å². The minimum Gasteiger partial charge on any atom is -0.444 e. The Hall–Kier alpha value is -2.57. The number of ether oxygens (including phenoxy) is 1. The summed E-state index contributed by atoms with van der Waals surface area (Å²) in [5, 5.41) is 5.95. The maximum atomic E-state index is 14.3. The second kappa shape index (κ2) is 14.4. The Kier molecular flexibility index (Phi) is 12.6. The van der Waals surface area contributed by atoms with Crippen LogP contribution in [0.3, 0.4) is 0 Å². The van der Waals surface area contributed by atoms with Gasteiger partial charge in [-0.25, -0.2) is 4.79 Å². The highest BCUT2D eigenvalue weighted by atomic mass is 16.6. The zero-order valence-electron chi connectivity index (χ0n) is 25.0. The first-order valence-corrected chi connectivity index (χ1v) is 13.8. The van der Waals surface area contributed by atoms with Gasteiger partial charge in [-0.2, -0.15) is 0 Å². The molecule has 0 aliphatic heterocycles. The van der Waals surface area contributed by atoms with Crippen molar-refractivity contribution < 1.29 is 19.1 Å². The van der Waals surface area contributed by atoms with Gasteiger partial charge < -0.3 is 20.3 Å². The van der Waals surface area contributed by atoms with E-state index in [1.165, 1.54) is 0 Å². The Balaban J connectivity index is 3.60. The molecule has 7 nitrogen and oxygen atoms in total. The fraction of sp³-hybridized carbons (Fsp3) is 0.700. The molecule has 37 heavy (non-hydrogen) atoms. The van der Waals surface area contributed by atoms with Crippen LogP contribution in [0.15, 0.2) is 18.2 Å². The van der Waals surface area contributed by atoms with E-state index in [-0.39, 0.29) is 29.8 Å². The van der Waals surface area contributed by atoms with Crippen LogP contribution in [-0.2, 0) is 14.3 Å². The summed E-state index contributed by atoms with van der Waals surface area (Å²) in [5.41, 5.74) is 2.14. The van der Waals surface area contributed by atoms with Crippen LogP contribution in [0.5, 0.6) is 0 Å². The number of carbonyl (C=O) groups is 3. The fourth-order valence-corrected chi connectivity index (χ4v) is 4.50. The summed E-state index contributed by atoms with van der Waals surface area (Å²) >= 11 is 0. The molecule has 0 radical (unpaired) electrons. The zero-order chi connectivity index (χ0) is 28.5. The molecule has 1 rings (SSSR count). The first kappa shape index (κ1) is 32.5. The monoisotopic (exact) mass is 517 g/mol. The van der Waals surface area contributed by atoms with Crippen molar-refractivity contribution in [3.63, 3.8) is 0 Å². The van der Waals surface area contributed by atoms with Crippen LogP contribution in [0.25, 0.3) is 0 Å². The van der Waals surface area contributed by atoms with Crippen molar-refractivity contribution in [2.24, 2.45) is 5.92 Å². The van der Waals surface area contributed by atoms with Gasteiger partial charge in [-0.15, -0.1) is 0 Å². The van der Waals surface area contributed by atoms with Crippen LogP contribution in [0.2, 0.25) is 0 Å².